The van der Waals surface area contributed by atoms with Crippen LogP contribution in [0.15, 0.2) is 29.2 Å². The second-order valence-electron chi connectivity index (χ2n) is 4.58. The van der Waals surface area contributed by atoms with Crippen LogP contribution in [0.25, 0.3) is 0 Å². The molecule has 0 atom stereocenters. The Morgan fingerprint density at radius 3 is 2.32 bits per heavy atom. The Kier molecular flexibility index (Phi) is 6.62. The molecule has 0 fully saturated rings. The molecule has 4 nitrogen and oxygen atoms in total. The highest BCUT2D eigenvalue weighted by molar-refractivity contribution is 8.13. The smallest absolute Gasteiger partial charge is 0.261 e. The lowest BCUT2D eigenvalue weighted by molar-refractivity contribution is 0.0981. The fraction of sp³-hybridized carbons (Fsp3) is 0.538. The average molecular weight is 307 g/mol. The Morgan fingerprint density at radius 2 is 1.79 bits per heavy atom. The number of hydrogen-bond acceptors (Lipinski definition) is 4. The minimum Gasteiger partial charge on any atom is -0.494 e. The Morgan fingerprint density at radius 1 is 1.16 bits per heavy atom. The Balaban J connectivity index is 2.27. The summed E-state index contributed by atoms with van der Waals surface area (Å²) in [7, 11) is 1.55. The molecule has 0 saturated heterocycles. The third kappa shape index (κ3) is 6.80. The van der Waals surface area contributed by atoms with E-state index >= 15 is 0 Å². The fourth-order valence-corrected chi connectivity index (χ4v) is 2.14. The van der Waals surface area contributed by atoms with E-state index < -0.39 is 9.05 Å². The van der Waals surface area contributed by atoms with Gasteiger partial charge in [-0.3, -0.25) is 0 Å². The zero-order chi connectivity index (χ0) is 14.3. The summed E-state index contributed by atoms with van der Waals surface area (Å²) in [6.45, 7) is 6.14. The van der Waals surface area contributed by atoms with E-state index in [-0.39, 0.29) is 4.90 Å². The van der Waals surface area contributed by atoms with E-state index in [1.807, 2.05) is 0 Å². The maximum atomic E-state index is 11.0. The first-order valence-electron chi connectivity index (χ1n) is 6.15. The van der Waals surface area contributed by atoms with E-state index in [0.717, 1.165) is 13.0 Å². The van der Waals surface area contributed by atoms with Crippen molar-refractivity contribution >= 4 is 19.7 Å². The molecule has 0 aliphatic heterocycles. The molecule has 1 aromatic rings. The van der Waals surface area contributed by atoms with Crippen LogP contribution in [-0.4, -0.2) is 28.2 Å². The molecule has 1 aromatic carbocycles. The van der Waals surface area contributed by atoms with Gasteiger partial charge in [-0.25, -0.2) is 8.42 Å². The van der Waals surface area contributed by atoms with Gasteiger partial charge in [0.1, 0.15) is 5.75 Å². The van der Waals surface area contributed by atoms with Gasteiger partial charge in [-0.2, -0.15) is 0 Å². The topological polar surface area (TPSA) is 52.6 Å². The molecule has 0 aromatic heterocycles. The maximum absolute atomic E-state index is 11.0. The number of benzene rings is 1. The highest BCUT2D eigenvalue weighted by atomic mass is 35.7. The van der Waals surface area contributed by atoms with E-state index in [2.05, 4.69) is 13.8 Å². The summed E-state index contributed by atoms with van der Waals surface area (Å²) in [5.41, 5.74) is 0. The van der Waals surface area contributed by atoms with Crippen LogP contribution in [0.4, 0.5) is 0 Å². The first-order chi connectivity index (χ1) is 8.89. The lowest BCUT2D eigenvalue weighted by atomic mass is 10.2. The lowest BCUT2D eigenvalue weighted by Gasteiger charge is -2.08. The van der Waals surface area contributed by atoms with Gasteiger partial charge in [0.05, 0.1) is 11.5 Å². The minimum atomic E-state index is -3.66. The summed E-state index contributed by atoms with van der Waals surface area (Å²) < 4.78 is 33.0. The van der Waals surface area contributed by atoms with Gasteiger partial charge in [-0.05, 0) is 30.2 Å². The van der Waals surface area contributed by atoms with E-state index in [9.17, 15) is 8.42 Å². The van der Waals surface area contributed by atoms with Crippen LogP contribution in [-0.2, 0) is 13.8 Å². The number of ether oxygens (including phenoxy) is 2. The Hall–Kier alpha value is -0.780. The van der Waals surface area contributed by atoms with Gasteiger partial charge in [0, 0.05) is 30.3 Å². The van der Waals surface area contributed by atoms with Crippen LogP contribution in [0, 0.1) is 5.92 Å². The molecule has 1 rings (SSSR count). The number of hydrogen-bond donors (Lipinski definition) is 0. The van der Waals surface area contributed by atoms with E-state index in [1.165, 1.54) is 12.1 Å². The van der Waals surface area contributed by atoms with Gasteiger partial charge in [-0.1, -0.05) is 13.8 Å². The van der Waals surface area contributed by atoms with Gasteiger partial charge in [0.15, 0.2) is 0 Å². The SMILES string of the molecule is CC(C)COCCCOc1ccc(S(=O)(=O)Cl)cc1. The third-order valence-corrected chi connectivity index (χ3v) is 3.63. The highest BCUT2D eigenvalue weighted by Gasteiger charge is 2.08. The molecule has 0 heterocycles. The summed E-state index contributed by atoms with van der Waals surface area (Å²) in [5, 5.41) is 0. The first kappa shape index (κ1) is 16.3. The molecule has 0 aliphatic rings. The first-order valence-corrected chi connectivity index (χ1v) is 8.46. The monoisotopic (exact) mass is 306 g/mol. The normalized spacial score (nSPS) is 11.8. The van der Waals surface area contributed by atoms with Gasteiger partial charge in [-0.15, -0.1) is 0 Å². The van der Waals surface area contributed by atoms with Crippen molar-refractivity contribution in [3.8, 4) is 5.75 Å². The summed E-state index contributed by atoms with van der Waals surface area (Å²) in [6.07, 6.45) is 0.794. The molecule has 19 heavy (non-hydrogen) atoms. The second kappa shape index (κ2) is 7.72. The summed E-state index contributed by atoms with van der Waals surface area (Å²) in [6, 6.07) is 6.02. The number of halogens is 1. The Labute approximate surface area is 119 Å². The predicted molar refractivity (Wildman–Crippen MR) is 75.2 cm³/mol. The quantitative estimate of drug-likeness (QED) is 0.547. The third-order valence-electron chi connectivity index (χ3n) is 2.26. The fourth-order valence-electron chi connectivity index (χ4n) is 1.37. The van der Waals surface area contributed by atoms with Crippen LogP contribution in [0.5, 0.6) is 5.75 Å². The van der Waals surface area contributed by atoms with Crippen LogP contribution in [0.2, 0.25) is 0 Å². The van der Waals surface area contributed by atoms with Gasteiger partial charge < -0.3 is 9.47 Å². The van der Waals surface area contributed by atoms with Crippen LogP contribution in [0.1, 0.15) is 20.3 Å². The lowest BCUT2D eigenvalue weighted by Crippen LogP contribution is -2.07. The maximum Gasteiger partial charge on any atom is 0.261 e. The van der Waals surface area contributed by atoms with Crippen molar-refractivity contribution in [3.63, 3.8) is 0 Å². The molecular formula is C13H19ClO4S. The molecule has 6 heteroatoms. The van der Waals surface area contributed by atoms with Crippen molar-refractivity contribution in [2.45, 2.75) is 25.2 Å². The molecule has 0 bridgehead atoms. The molecule has 0 N–H and O–H groups in total. The molecule has 0 saturated carbocycles. The van der Waals surface area contributed by atoms with E-state index in [0.29, 0.717) is 24.9 Å². The molecule has 0 radical (unpaired) electrons. The Bertz CT molecular complexity index is 468. The molecule has 0 spiro atoms. The predicted octanol–water partition coefficient (Wildman–Crippen LogP) is 3.06. The van der Waals surface area contributed by atoms with Crippen molar-refractivity contribution in [1.29, 1.82) is 0 Å². The van der Waals surface area contributed by atoms with Crippen LogP contribution < -0.4 is 4.74 Å². The summed E-state index contributed by atoms with van der Waals surface area (Å²) in [5.74, 6) is 1.15. The van der Waals surface area contributed by atoms with Crippen LogP contribution >= 0.6 is 10.7 Å². The zero-order valence-electron chi connectivity index (χ0n) is 11.1. The van der Waals surface area contributed by atoms with Crippen molar-refractivity contribution < 1.29 is 17.9 Å². The molecule has 108 valence electrons. The highest BCUT2D eigenvalue weighted by Crippen LogP contribution is 2.19. The molecule has 0 aliphatic carbocycles. The summed E-state index contributed by atoms with van der Waals surface area (Å²) >= 11 is 0. The zero-order valence-corrected chi connectivity index (χ0v) is 12.7. The summed E-state index contributed by atoms with van der Waals surface area (Å²) in [4.78, 5) is 0.0711. The van der Waals surface area contributed by atoms with Crippen molar-refractivity contribution in [2.75, 3.05) is 19.8 Å². The standard InChI is InChI=1S/C13H19ClO4S/c1-11(2)10-17-8-3-9-18-12-4-6-13(7-5-12)19(14,15)16/h4-7,11H,3,8-10H2,1-2H3. The van der Waals surface area contributed by atoms with Crippen molar-refractivity contribution in [2.24, 2.45) is 5.92 Å². The minimum absolute atomic E-state index is 0.0711. The van der Waals surface area contributed by atoms with Gasteiger partial charge in [0.25, 0.3) is 9.05 Å². The van der Waals surface area contributed by atoms with Gasteiger partial charge >= 0.3 is 0 Å². The molecule has 0 unspecified atom stereocenters. The van der Waals surface area contributed by atoms with E-state index in [4.69, 9.17) is 20.2 Å². The molecule has 0 amide bonds. The van der Waals surface area contributed by atoms with E-state index in [1.54, 1.807) is 12.1 Å². The van der Waals surface area contributed by atoms with Crippen molar-refractivity contribution in [1.82, 2.24) is 0 Å². The van der Waals surface area contributed by atoms with Crippen LogP contribution in [0.3, 0.4) is 0 Å². The largest absolute Gasteiger partial charge is 0.494 e. The second-order valence-corrected chi connectivity index (χ2v) is 7.15. The van der Waals surface area contributed by atoms with Crippen molar-refractivity contribution in [3.05, 3.63) is 24.3 Å². The van der Waals surface area contributed by atoms with Gasteiger partial charge in [0.2, 0.25) is 0 Å². The number of rotatable bonds is 8. The average Bonchev–Trinajstić information content (AvgIpc) is 2.32. The molecular weight excluding hydrogens is 288 g/mol.